The SMILES string of the molecule is CC(C)c1noc(Cn2ccc(C(=O)C(F)(F)F)c2)n1. The molecule has 0 spiro atoms. The van der Waals surface area contributed by atoms with Gasteiger partial charge in [0, 0.05) is 23.9 Å². The Morgan fingerprint density at radius 2 is 2.15 bits per heavy atom. The van der Waals surface area contributed by atoms with Crippen LogP contribution in [0.4, 0.5) is 13.2 Å². The molecule has 2 rings (SSSR count). The van der Waals surface area contributed by atoms with Gasteiger partial charge in [-0.1, -0.05) is 19.0 Å². The third-order valence-corrected chi connectivity index (χ3v) is 2.59. The molecule has 0 fully saturated rings. The van der Waals surface area contributed by atoms with Crippen LogP contribution in [0, 0.1) is 0 Å². The van der Waals surface area contributed by atoms with Crippen LogP contribution in [0.15, 0.2) is 23.0 Å². The average Bonchev–Trinajstić information content (AvgIpc) is 2.96. The summed E-state index contributed by atoms with van der Waals surface area (Å²) in [5.41, 5.74) is -0.416. The minimum Gasteiger partial charge on any atom is -0.344 e. The standard InChI is InChI=1S/C12H12F3N3O2/c1-7(2)11-16-9(20-17-11)6-18-4-3-8(5-18)10(19)12(13,14)15/h3-5,7H,6H2,1-2H3. The third-order valence-electron chi connectivity index (χ3n) is 2.59. The van der Waals surface area contributed by atoms with Crippen LogP contribution in [-0.2, 0) is 6.54 Å². The molecule has 0 saturated carbocycles. The van der Waals surface area contributed by atoms with E-state index >= 15 is 0 Å². The molecule has 0 atom stereocenters. The van der Waals surface area contributed by atoms with Gasteiger partial charge in [0.1, 0.15) is 6.54 Å². The van der Waals surface area contributed by atoms with E-state index in [0.29, 0.717) is 5.82 Å². The van der Waals surface area contributed by atoms with Crippen LogP contribution in [0.1, 0.15) is 41.8 Å². The van der Waals surface area contributed by atoms with Gasteiger partial charge >= 0.3 is 6.18 Å². The van der Waals surface area contributed by atoms with Gasteiger partial charge in [0.25, 0.3) is 5.78 Å². The van der Waals surface area contributed by atoms with E-state index in [1.807, 2.05) is 13.8 Å². The van der Waals surface area contributed by atoms with Crippen molar-refractivity contribution in [3.63, 3.8) is 0 Å². The molecule has 0 radical (unpaired) electrons. The summed E-state index contributed by atoms with van der Waals surface area (Å²) in [7, 11) is 0. The van der Waals surface area contributed by atoms with E-state index in [9.17, 15) is 18.0 Å². The van der Waals surface area contributed by atoms with Crippen molar-refractivity contribution in [3.8, 4) is 0 Å². The summed E-state index contributed by atoms with van der Waals surface area (Å²) in [4.78, 5) is 15.1. The van der Waals surface area contributed by atoms with Crippen LogP contribution in [-0.4, -0.2) is 26.7 Å². The molecule has 0 aliphatic heterocycles. The molecule has 8 heteroatoms. The number of hydrogen-bond donors (Lipinski definition) is 0. The lowest BCUT2D eigenvalue weighted by molar-refractivity contribution is -0.0885. The maximum Gasteiger partial charge on any atom is 0.454 e. The molecule has 0 bridgehead atoms. The van der Waals surface area contributed by atoms with E-state index in [1.54, 1.807) is 0 Å². The second-order valence-corrected chi connectivity index (χ2v) is 4.60. The lowest BCUT2D eigenvalue weighted by Crippen LogP contribution is -2.22. The van der Waals surface area contributed by atoms with Crippen molar-refractivity contribution in [3.05, 3.63) is 35.7 Å². The minimum absolute atomic E-state index is 0.0968. The van der Waals surface area contributed by atoms with Gasteiger partial charge in [-0.2, -0.15) is 18.2 Å². The molecule has 20 heavy (non-hydrogen) atoms. The average molecular weight is 287 g/mol. The zero-order valence-corrected chi connectivity index (χ0v) is 10.8. The van der Waals surface area contributed by atoms with Gasteiger partial charge in [-0.25, -0.2) is 0 Å². The van der Waals surface area contributed by atoms with Crippen LogP contribution in [0.3, 0.4) is 0 Å². The molecular formula is C12H12F3N3O2. The van der Waals surface area contributed by atoms with Crippen LogP contribution >= 0.6 is 0 Å². The number of halogens is 3. The predicted octanol–water partition coefficient (Wildman–Crippen LogP) is 2.79. The number of nitrogens with zero attached hydrogens (tertiary/aromatic N) is 3. The van der Waals surface area contributed by atoms with Gasteiger partial charge in [-0.3, -0.25) is 4.79 Å². The Kier molecular flexibility index (Phi) is 3.65. The number of Topliss-reactive ketones (excluding diaryl/α,β-unsaturated/α-hetero) is 1. The molecule has 0 aliphatic carbocycles. The van der Waals surface area contributed by atoms with Crippen LogP contribution < -0.4 is 0 Å². The summed E-state index contributed by atoms with van der Waals surface area (Å²) < 4.78 is 43.2. The highest BCUT2D eigenvalue weighted by molar-refractivity contribution is 6.00. The molecule has 2 aromatic heterocycles. The quantitative estimate of drug-likeness (QED) is 0.811. The fraction of sp³-hybridized carbons (Fsp3) is 0.417. The Balaban J connectivity index is 2.11. The number of carbonyl (C=O) groups excluding carboxylic acids is 1. The Hall–Kier alpha value is -2.12. The first-order chi connectivity index (χ1) is 9.27. The van der Waals surface area contributed by atoms with Crippen molar-refractivity contribution in [2.45, 2.75) is 32.5 Å². The van der Waals surface area contributed by atoms with Gasteiger partial charge in [0.2, 0.25) is 5.89 Å². The first-order valence-corrected chi connectivity index (χ1v) is 5.87. The zero-order valence-electron chi connectivity index (χ0n) is 10.8. The molecule has 0 aromatic carbocycles. The molecule has 2 heterocycles. The molecule has 0 N–H and O–H groups in total. The monoisotopic (exact) mass is 287 g/mol. The summed E-state index contributed by atoms with van der Waals surface area (Å²) in [6, 6.07) is 1.11. The third kappa shape index (κ3) is 3.06. The summed E-state index contributed by atoms with van der Waals surface area (Å²) in [5, 5.41) is 3.75. The Bertz CT molecular complexity index is 613. The molecule has 0 unspecified atom stereocenters. The molecule has 0 saturated heterocycles. The smallest absolute Gasteiger partial charge is 0.344 e. The van der Waals surface area contributed by atoms with Crippen molar-refractivity contribution in [2.75, 3.05) is 0 Å². The van der Waals surface area contributed by atoms with Gasteiger partial charge in [0.15, 0.2) is 5.82 Å². The predicted molar refractivity (Wildman–Crippen MR) is 62.3 cm³/mol. The first-order valence-electron chi connectivity index (χ1n) is 5.87. The van der Waals surface area contributed by atoms with Crippen LogP contribution in [0.5, 0.6) is 0 Å². The Labute approximate surface area is 112 Å². The van der Waals surface area contributed by atoms with Crippen molar-refractivity contribution in [1.82, 2.24) is 14.7 Å². The fourth-order valence-corrected chi connectivity index (χ4v) is 1.56. The van der Waals surface area contributed by atoms with E-state index in [-0.39, 0.29) is 18.4 Å². The molecule has 0 amide bonds. The van der Waals surface area contributed by atoms with Gasteiger partial charge in [-0.05, 0) is 6.07 Å². The van der Waals surface area contributed by atoms with Crippen molar-refractivity contribution in [2.24, 2.45) is 0 Å². The Morgan fingerprint density at radius 1 is 1.45 bits per heavy atom. The van der Waals surface area contributed by atoms with E-state index in [0.717, 1.165) is 12.3 Å². The van der Waals surface area contributed by atoms with Gasteiger partial charge in [-0.15, -0.1) is 0 Å². The second-order valence-electron chi connectivity index (χ2n) is 4.60. The topological polar surface area (TPSA) is 60.9 Å². The molecule has 2 aromatic rings. The number of carbonyl (C=O) groups is 1. The van der Waals surface area contributed by atoms with Crippen LogP contribution in [0.25, 0.3) is 0 Å². The number of rotatable bonds is 4. The molecule has 5 nitrogen and oxygen atoms in total. The normalized spacial score (nSPS) is 12.1. The number of aromatic nitrogens is 3. The van der Waals surface area contributed by atoms with Gasteiger partial charge < -0.3 is 9.09 Å². The maximum atomic E-state index is 12.3. The molecule has 0 aliphatic rings. The van der Waals surface area contributed by atoms with E-state index in [4.69, 9.17) is 4.52 Å². The highest BCUT2D eigenvalue weighted by Gasteiger charge is 2.39. The summed E-state index contributed by atoms with van der Waals surface area (Å²) in [6.07, 6.45) is -2.41. The van der Waals surface area contributed by atoms with E-state index in [2.05, 4.69) is 10.1 Å². The summed E-state index contributed by atoms with van der Waals surface area (Å²) in [5.74, 6) is -0.974. The highest BCUT2D eigenvalue weighted by atomic mass is 19.4. The van der Waals surface area contributed by atoms with Gasteiger partial charge in [0.05, 0.1) is 0 Å². The largest absolute Gasteiger partial charge is 0.454 e. The first kappa shape index (κ1) is 14.3. The van der Waals surface area contributed by atoms with E-state index in [1.165, 1.54) is 10.8 Å². The van der Waals surface area contributed by atoms with Crippen molar-refractivity contribution in [1.29, 1.82) is 0 Å². The maximum absolute atomic E-state index is 12.3. The lowest BCUT2D eigenvalue weighted by atomic mass is 10.2. The lowest BCUT2D eigenvalue weighted by Gasteiger charge is -2.02. The summed E-state index contributed by atoms with van der Waals surface area (Å²) in [6.45, 7) is 3.90. The molecule has 108 valence electrons. The number of alkyl halides is 3. The second kappa shape index (κ2) is 5.10. The fourth-order valence-electron chi connectivity index (χ4n) is 1.56. The Morgan fingerprint density at radius 3 is 2.70 bits per heavy atom. The van der Waals surface area contributed by atoms with E-state index < -0.39 is 17.5 Å². The summed E-state index contributed by atoms with van der Waals surface area (Å²) >= 11 is 0. The van der Waals surface area contributed by atoms with Crippen molar-refractivity contribution >= 4 is 5.78 Å². The highest BCUT2D eigenvalue weighted by Crippen LogP contribution is 2.21. The van der Waals surface area contributed by atoms with Crippen molar-refractivity contribution < 1.29 is 22.5 Å². The molecular weight excluding hydrogens is 275 g/mol. The zero-order chi connectivity index (χ0) is 14.9. The number of ketones is 1. The van der Waals surface area contributed by atoms with Crippen LogP contribution in [0.2, 0.25) is 0 Å². The minimum atomic E-state index is -4.87. The number of hydrogen-bond acceptors (Lipinski definition) is 4.